The van der Waals surface area contributed by atoms with Gasteiger partial charge < -0.3 is 10.5 Å². The predicted molar refractivity (Wildman–Crippen MR) is 82.3 cm³/mol. The molecule has 1 fully saturated rings. The van der Waals surface area contributed by atoms with Crippen LogP contribution in [-0.2, 0) is 0 Å². The largest absolute Gasteiger partial charge is 0.492 e. The molecule has 2 N–H and O–H groups in total. The van der Waals surface area contributed by atoms with Gasteiger partial charge in [-0.15, -0.1) is 0 Å². The molecule has 20 heavy (non-hydrogen) atoms. The number of fused-ring (bicyclic) bond motifs is 1. The summed E-state index contributed by atoms with van der Waals surface area (Å²) in [6, 6.07) is 4.96. The van der Waals surface area contributed by atoms with E-state index in [1.165, 1.54) is 42.6 Å². The van der Waals surface area contributed by atoms with Crippen molar-refractivity contribution in [3.8, 4) is 5.75 Å². The maximum atomic E-state index is 6.37. The molecule has 1 aromatic rings. The third-order valence-corrected chi connectivity index (χ3v) is 4.70. The van der Waals surface area contributed by atoms with Crippen LogP contribution in [0, 0.1) is 6.92 Å². The molecule has 2 unspecified atom stereocenters. The minimum atomic E-state index is 0.0872. The van der Waals surface area contributed by atoms with Gasteiger partial charge in [0, 0.05) is 5.56 Å². The first-order valence-corrected chi connectivity index (χ1v) is 7.85. The highest BCUT2D eigenvalue weighted by molar-refractivity contribution is 5.48. The lowest BCUT2D eigenvalue weighted by molar-refractivity contribution is 0.140. The minimum absolute atomic E-state index is 0.0872. The summed E-state index contributed by atoms with van der Waals surface area (Å²) in [6.45, 7) is 9.64. The SMILES string of the molecule is Cc1cc(C(C)C)cc2c1C(N1CCCC1)C(N)CO2. The van der Waals surface area contributed by atoms with Crippen LogP contribution < -0.4 is 10.5 Å². The summed E-state index contributed by atoms with van der Waals surface area (Å²) >= 11 is 0. The lowest BCUT2D eigenvalue weighted by Crippen LogP contribution is -2.46. The molecule has 0 radical (unpaired) electrons. The molecule has 2 aliphatic heterocycles. The van der Waals surface area contributed by atoms with Gasteiger partial charge in [-0.3, -0.25) is 4.90 Å². The summed E-state index contributed by atoms with van der Waals surface area (Å²) in [6.07, 6.45) is 2.59. The zero-order valence-electron chi connectivity index (χ0n) is 12.9. The Morgan fingerprint density at radius 3 is 2.60 bits per heavy atom. The van der Waals surface area contributed by atoms with Gasteiger partial charge >= 0.3 is 0 Å². The number of likely N-dealkylation sites (tertiary alicyclic amines) is 1. The van der Waals surface area contributed by atoms with E-state index in [0.717, 1.165) is 5.75 Å². The molecule has 2 heterocycles. The fraction of sp³-hybridized carbons (Fsp3) is 0.647. The summed E-state index contributed by atoms with van der Waals surface area (Å²) in [7, 11) is 0. The lowest BCUT2D eigenvalue weighted by atomic mass is 9.88. The van der Waals surface area contributed by atoms with Crippen molar-refractivity contribution < 1.29 is 4.74 Å². The number of benzene rings is 1. The molecule has 3 rings (SSSR count). The van der Waals surface area contributed by atoms with Crippen molar-refractivity contribution in [3.63, 3.8) is 0 Å². The van der Waals surface area contributed by atoms with E-state index in [1.54, 1.807) is 0 Å². The van der Waals surface area contributed by atoms with Gasteiger partial charge in [0.1, 0.15) is 12.4 Å². The van der Waals surface area contributed by atoms with Crippen LogP contribution in [0.3, 0.4) is 0 Å². The zero-order chi connectivity index (χ0) is 14.3. The second kappa shape index (κ2) is 5.38. The Morgan fingerprint density at radius 2 is 1.95 bits per heavy atom. The van der Waals surface area contributed by atoms with Crippen molar-refractivity contribution in [2.45, 2.75) is 51.6 Å². The molecule has 3 heteroatoms. The molecule has 2 atom stereocenters. The molecule has 2 aliphatic rings. The Morgan fingerprint density at radius 1 is 1.25 bits per heavy atom. The third-order valence-electron chi connectivity index (χ3n) is 4.70. The molecule has 0 saturated carbocycles. The van der Waals surface area contributed by atoms with Gasteiger partial charge in [-0.2, -0.15) is 0 Å². The standard InChI is InChI=1S/C17H26N2O/c1-11(2)13-8-12(3)16-15(9-13)20-10-14(18)17(16)19-6-4-5-7-19/h8-9,11,14,17H,4-7,10,18H2,1-3H3. The normalized spacial score (nSPS) is 26.6. The summed E-state index contributed by atoms with van der Waals surface area (Å²) in [5.74, 6) is 1.59. The zero-order valence-corrected chi connectivity index (χ0v) is 12.9. The van der Waals surface area contributed by atoms with Gasteiger partial charge in [0.25, 0.3) is 0 Å². The van der Waals surface area contributed by atoms with Crippen LogP contribution in [0.15, 0.2) is 12.1 Å². The molecule has 3 nitrogen and oxygen atoms in total. The summed E-state index contributed by atoms with van der Waals surface area (Å²) in [5, 5.41) is 0. The van der Waals surface area contributed by atoms with Gasteiger partial charge in [0.15, 0.2) is 0 Å². The maximum Gasteiger partial charge on any atom is 0.124 e. The average molecular weight is 274 g/mol. The lowest BCUT2D eigenvalue weighted by Gasteiger charge is -2.38. The predicted octanol–water partition coefficient (Wildman–Crippen LogP) is 2.98. The topological polar surface area (TPSA) is 38.5 Å². The van der Waals surface area contributed by atoms with Crippen LogP contribution in [0.25, 0.3) is 0 Å². The van der Waals surface area contributed by atoms with Crippen molar-refractivity contribution in [2.24, 2.45) is 5.73 Å². The smallest absolute Gasteiger partial charge is 0.124 e. The second-order valence-corrected chi connectivity index (χ2v) is 6.57. The van der Waals surface area contributed by atoms with E-state index in [-0.39, 0.29) is 6.04 Å². The number of hydrogen-bond donors (Lipinski definition) is 1. The summed E-state index contributed by atoms with van der Waals surface area (Å²) < 4.78 is 5.95. The highest BCUT2D eigenvalue weighted by atomic mass is 16.5. The number of ether oxygens (including phenoxy) is 1. The molecule has 1 saturated heterocycles. The molecule has 0 bridgehead atoms. The first-order chi connectivity index (χ1) is 9.58. The number of aryl methyl sites for hydroxylation is 1. The molecule has 0 aromatic heterocycles. The van der Waals surface area contributed by atoms with Crippen molar-refractivity contribution >= 4 is 0 Å². The monoisotopic (exact) mass is 274 g/mol. The van der Waals surface area contributed by atoms with E-state index < -0.39 is 0 Å². The van der Waals surface area contributed by atoms with E-state index in [9.17, 15) is 0 Å². The number of hydrogen-bond acceptors (Lipinski definition) is 3. The van der Waals surface area contributed by atoms with Crippen molar-refractivity contribution in [3.05, 3.63) is 28.8 Å². The Balaban J connectivity index is 2.03. The highest BCUT2D eigenvalue weighted by Crippen LogP contribution is 2.40. The molecular formula is C17H26N2O. The number of nitrogens with zero attached hydrogens (tertiary/aromatic N) is 1. The second-order valence-electron chi connectivity index (χ2n) is 6.57. The van der Waals surface area contributed by atoms with Crippen LogP contribution in [0.4, 0.5) is 0 Å². The van der Waals surface area contributed by atoms with Gasteiger partial charge in [-0.1, -0.05) is 19.9 Å². The molecule has 0 aliphatic carbocycles. The van der Waals surface area contributed by atoms with Crippen molar-refractivity contribution in [1.82, 2.24) is 4.90 Å². The van der Waals surface area contributed by atoms with E-state index in [1.807, 2.05) is 0 Å². The Bertz CT molecular complexity index is 492. The third kappa shape index (κ3) is 2.33. The molecule has 110 valence electrons. The molecule has 0 amide bonds. The Hall–Kier alpha value is -1.06. The summed E-state index contributed by atoms with van der Waals surface area (Å²) in [5.41, 5.74) is 10.4. The Kier molecular flexibility index (Phi) is 3.74. The molecular weight excluding hydrogens is 248 g/mol. The first kappa shape index (κ1) is 13.9. The number of nitrogens with two attached hydrogens (primary N) is 1. The maximum absolute atomic E-state index is 6.37. The fourth-order valence-corrected chi connectivity index (χ4v) is 3.59. The van der Waals surface area contributed by atoms with E-state index >= 15 is 0 Å². The highest BCUT2D eigenvalue weighted by Gasteiger charge is 2.35. The number of rotatable bonds is 2. The summed E-state index contributed by atoms with van der Waals surface area (Å²) in [4.78, 5) is 2.55. The van der Waals surface area contributed by atoms with Crippen molar-refractivity contribution in [1.29, 1.82) is 0 Å². The molecule has 0 spiro atoms. The van der Waals surface area contributed by atoms with E-state index in [2.05, 4.69) is 37.8 Å². The van der Waals surface area contributed by atoms with Crippen molar-refractivity contribution in [2.75, 3.05) is 19.7 Å². The Labute approximate surface area is 122 Å². The van der Waals surface area contributed by atoms with E-state index in [0.29, 0.717) is 18.6 Å². The minimum Gasteiger partial charge on any atom is -0.492 e. The van der Waals surface area contributed by atoms with E-state index in [4.69, 9.17) is 10.5 Å². The quantitative estimate of drug-likeness (QED) is 0.901. The average Bonchev–Trinajstić information content (AvgIpc) is 2.92. The molecule has 1 aromatic carbocycles. The van der Waals surface area contributed by atoms with Crippen LogP contribution >= 0.6 is 0 Å². The van der Waals surface area contributed by atoms with Crippen LogP contribution in [0.5, 0.6) is 5.75 Å². The van der Waals surface area contributed by atoms with Gasteiger partial charge in [0.2, 0.25) is 0 Å². The first-order valence-electron chi connectivity index (χ1n) is 7.85. The fourth-order valence-electron chi connectivity index (χ4n) is 3.59. The van der Waals surface area contributed by atoms with Crippen LogP contribution in [-0.4, -0.2) is 30.6 Å². The van der Waals surface area contributed by atoms with Gasteiger partial charge in [0.05, 0.1) is 12.1 Å². The van der Waals surface area contributed by atoms with Gasteiger partial charge in [-0.25, -0.2) is 0 Å². The van der Waals surface area contributed by atoms with Crippen LogP contribution in [0.2, 0.25) is 0 Å². The van der Waals surface area contributed by atoms with Crippen LogP contribution in [0.1, 0.15) is 55.3 Å². The van der Waals surface area contributed by atoms with Gasteiger partial charge in [-0.05, 0) is 56.0 Å².